The van der Waals surface area contributed by atoms with Crippen LogP contribution in [0.1, 0.15) is 20.3 Å². The number of nitrogens with zero attached hydrogens (tertiary/aromatic N) is 2. The Hall–Kier alpha value is -1.01. The quantitative estimate of drug-likeness (QED) is 0.373. The molecule has 1 aliphatic rings. The number of hydrogen-bond acceptors (Lipinski definition) is 3. The topological polar surface area (TPSA) is 35.8 Å². The monoisotopic (exact) mass is 180 g/mol. The molecule has 0 saturated carbocycles. The molecule has 1 rings (SSSR count). The van der Waals surface area contributed by atoms with Crippen LogP contribution in [0.25, 0.3) is 0 Å². The zero-order valence-corrected chi connectivity index (χ0v) is 8.20. The minimum Gasteiger partial charge on any atom is -0.411 e. The van der Waals surface area contributed by atoms with E-state index < -0.39 is 0 Å². The molecule has 0 radical (unpaired) electrons. The van der Waals surface area contributed by atoms with Crippen molar-refractivity contribution in [2.45, 2.75) is 26.3 Å². The molecule has 3 heteroatoms. The largest absolute Gasteiger partial charge is 0.411 e. The molecular weight excluding hydrogens is 164 g/mol. The van der Waals surface area contributed by atoms with Gasteiger partial charge in [0, 0.05) is 24.9 Å². The van der Waals surface area contributed by atoms with E-state index in [4.69, 9.17) is 11.6 Å². The van der Waals surface area contributed by atoms with Crippen LogP contribution < -0.4 is 0 Å². The molecule has 1 saturated heterocycles. The number of hydrogen-bond donors (Lipinski definition) is 1. The van der Waals surface area contributed by atoms with Crippen molar-refractivity contribution in [1.82, 2.24) is 4.90 Å². The van der Waals surface area contributed by atoms with Crippen molar-refractivity contribution >= 4 is 5.71 Å². The maximum Gasteiger partial charge on any atom is 0.0627 e. The van der Waals surface area contributed by atoms with E-state index in [1.165, 1.54) is 0 Å². The number of oxime groups is 1. The normalized spacial score (nSPS) is 33.2. The maximum absolute atomic E-state index is 8.72. The lowest BCUT2D eigenvalue weighted by Gasteiger charge is -2.35. The van der Waals surface area contributed by atoms with E-state index in [9.17, 15) is 0 Å². The molecule has 13 heavy (non-hydrogen) atoms. The summed E-state index contributed by atoms with van der Waals surface area (Å²) in [6.45, 7) is 5.74. The third-order valence-electron chi connectivity index (χ3n) is 2.63. The summed E-state index contributed by atoms with van der Waals surface area (Å²) >= 11 is 0. The van der Waals surface area contributed by atoms with Crippen LogP contribution in [0.15, 0.2) is 5.16 Å². The SMILES string of the molecule is C#CCN1C[C@H](C)/C(=N\O)C[C@H]1C. The van der Waals surface area contributed by atoms with Crippen LogP contribution >= 0.6 is 0 Å². The van der Waals surface area contributed by atoms with E-state index >= 15 is 0 Å². The number of piperidine rings is 1. The van der Waals surface area contributed by atoms with Gasteiger partial charge in [-0.25, -0.2) is 0 Å². The second-order valence-electron chi connectivity index (χ2n) is 3.68. The van der Waals surface area contributed by atoms with Crippen molar-refractivity contribution in [3.8, 4) is 12.3 Å². The lowest BCUT2D eigenvalue weighted by atomic mass is 9.93. The summed E-state index contributed by atoms with van der Waals surface area (Å²) in [5.74, 6) is 2.96. The molecule has 0 spiro atoms. The Morgan fingerprint density at radius 3 is 2.92 bits per heavy atom. The van der Waals surface area contributed by atoms with Gasteiger partial charge in [0.25, 0.3) is 0 Å². The molecule has 1 heterocycles. The first-order chi connectivity index (χ1) is 6.19. The van der Waals surface area contributed by atoms with Crippen LogP contribution in [-0.4, -0.2) is 35.0 Å². The molecule has 1 aliphatic heterocycles. The third kappa shape index (κ3) is 2.22. The average Bonchev–Trinajstić information content (AvgIpc) is 2.11. The van der Waals surface area contributed by atoms with Crippen molar-refractivity contribution in [3.05, 3.63) is 0 Å². The highest BCUT2D eigenvalue weighted by Gasteiger charge is 2.27. The Morgan fingerprint density at radius 2 is 2.38 bits per heavy atom. The van der Waals surface area contributed by atoms with Gasteiger partial charge in [0.05, 0.1) is 12.3 Å². The number of likely N-dealkylation sites (tertiary alicyclic amines) is 1. The summed E-state index contributed by atoms with van der Waals surface area (Å²) in [4.78, 5) is 2.24. The molecule has 1 fully saturated rings. The van der Waals surface area contributed by atoms with Crippen LogP contribution in [0.4, 0.5) is 0 Å². The lowest BCUT2D eigenvalue weighted by Crippen LogP contribution is -2.45. The standard InChI is InChI=1S/C10H16N2O/c1-4-5-12-7-8(2)10(11-13)6-9(12)3/h1,8-9,13H,5-7H2,2-3H3/b11-10-/t8-,9+/m0/s1. The van der Waals surface area contributed by atoms with Gasteiger partial charge in [-0.2, -0.15) is 0 Å². The van der Waals surface area contributed by atoms with Crippen molar-refractivity contribution in [1.29, 1.82) is 0 Å². The van der Waals surface area contributed by atoms with Gasteiger partial charge in [0.2, 0.25) is 0 Å². The van der Waals surface area contributed by atoms with Gasteiger partial charge in [0.15, 0.2) is 0 Å². The minimum absolute atomic E-state index is 0.314. The Labute approximate surface area is 79.4 Å². The fourth-order valence-corrected chi connectivity index (χ4v) is 1.75. The predicted molar refractivity (Wildman–Crippen MR) is 52.9 cm³/mol. The predicted octanol–water partition coefficient (Wildman–Crippen LogP) is 1.18. The summed E-state index contributed by atoms with van der Waals surface area (Å²) < 4.78 is 0. The van der Waals surface area contributed by atoms with Crippen molar-refractivity contribution in [2.24, 2.45) is 11.1 Å². The van der Waals surface area contributed by atoms with Gasteiger partial charge in [-0.15, -0.1) is 6.42 Å². The molecular formula is C10H16N2O. The highest BCUT2D eigenvalue weighted by atomic mass is 16.4. The highest BCUT2D eigenvalue weighted by Crippen LogP contribution is 2.18. The first kappa shape index (κ1) is 10.1. The molecule has 72 valence electrons. The zero-order valence-electron chi connectivity index (χ0n) is 8.20. The molecule has 0 aromatic carbocycles. The van der Waals surface area contributed by atoms with Gasteiger partial charge in [0.1, 0.15) is 0 Å². The fraction of sp³-hybridized carbons (Fsp3) is 0.700. The van der Waals surface area contributed by atoms with Crippen LogP contribution in [0.5, 0.6) is 0 Å². The summed E-state index contributed by atoms with van der Waals surface area (Å²) in [5, 5.41) is 12.0. The first-order valence-corrected chi connectivity index (χ1v) is 4.57. The smallest absolute Gasteiger partial charge is 0.0627 e. The van der Waals surface area contributed by atoms with Crippen molar-refractivity contribution < 1.29 is 5.21 Å². The molecule has 0 bridgehead atoms. The molecule has 3 nitrogen and oxygen atoms in total. The van der Waals surface area contributed by atoms with Gasteiger partial charge in [-0.1, -0.05) is 18.0 Å². The Bertz CT molecular complexity index is 242. The van der Waals surface area contributed by atoms with Gasteiger partial charge < -0.3 is 5.21 Å². The second kappa shape index (κ2) is 4.29. The fourth-order valence-electron chi connectivity index (χ4n) is 1.75. The van der Waals surface area contributed by atoms with Crippen LogP contribution in [0, 0.1) is 18.3 Å². The van der Waals surface area contributed by atoms with Gasteiger partial charge in [-0.3, -0.25) is 4.90 Å². The van der Waals surface area contributed by atoms with Gasteiger partial charge >= 0.3 is 0 Å². The molecule has 1 N–H and O–H groups in total. The average molecular weight is 180 g/mol. The Kier molecular flexibility index (Phi) is 3.32. The first-order valence-electron chi connectivity index (χ1n) is 4.57. The van der Waals surface area contributed by atoms with E-state index in [1.54, 1.807) is 0 Å². The highest BCUT2D eigenvalue weighted by molar-refractivity contribution is 5.87. The molecule has 0 aromatic rings. The third-order valence-corrected chi connectivity index (χ3v) is 2.63. The molecule has 0 aliphatic carbocycles. The Morgan fingerprint density at radius 1 is 1.69 bits per heavy atom. The van der Waals surface area contributed by atoms with Crippen molar-refractivity contribution in [2.75, 3.05) is 13.1 Å². The lowest BCUT2D eigenvalue weighted by molar-refractivity contribution is 0.198. The molecule has 2 atom stereocenters. The van der Waals surface area contributed by atoms with Crippen LogP contribution in [0.2, 0.25) is 0 Å². The van der Waals surface area contributed by atoms with Crippen molar-refractivity contribution in [3.63, 3.8) is 0 Å². The van der Waals surface area contributed by atoms with E-state index in [0.29, 0.717) is 18.5 Å². The Balaban J connectivity index is 2.62. The summed E-state index contributed by atoms with van der Waals surface area (Å²) in [7, 11) is 0. The van der Waals surface area contributed by atoms with Crippen LogP contribution in [0.3, 0.4) is 0 Å². The minimum atomic E-state index is 0.314. The van der Waals surface area contributed by atoms with Gasteiger partial charge in [-0.05, 0) is 6.92 Å². The van der Waals surface area contributed by atoms with Crippen LogP contribution in [-0.2, 0) is 0 Å². The number of terminal acetylenes is 1. The van der Waals surface area contributed by atoms with E-state index in [1.807, 2.05) is 0 Å². The van der Waals surface area contributed by atoms with E-state index in [2.05, 4.69) is 29.8 Å². The maximum atomic E-state index is 8.72. The molecule has 0 unspecified atom stereocenters. The molecule has 0 amide bonds. The summed E-state index contributed by atoms with van der Waals surface area (Å²) in [6, 6.07) is 0.387. The van der Waals surface area contributed by atoms with E-state index in [-0.39, 0.29) is 0 Å². The number of rotatable bonds is 1. The summed E-state index contributed by atoms with van der Waals surface area (Å²) in [5.41, 5.74) is 0.890. The second-order valence-corrected chi connectivity index (χ2v) is 3.68. The molecule has 0 aromatic heterocycles. The zero-order chi connectivity index (χ0) is 9.84. The van der Waals surface area contributed by atoms with E-state index in [0.717, 1.165) is 18.7 Å². The summed E-state index contributed by atoms with van der Waals surface area (Å²) in [6.07, 6.45) is 6.08.